The third-order valence-electron chi connectivity index (χ3n) is 2.71. The normalized spacial score (nSPS) is 18.4. The summed E-state index contributed by atoms with van der Waals surface area (Å²) in [6.45, 7) is 3.54. The van der Waals surface area contributed by atoms with Gasteiger partial charge in [-0.2, -0.15) is 0 Å². The van der Waals surface area contributed by atoms with Gasteiger partial charge < -0.3 is 19.3 Å². The zero-order chi connectivity index (χ0) is 13.2. The van der Waals surface area contributed by atoms with Gasteiger partial charge in [0.05, 0.1) is 6.61 Å². The van der Waals surface area contributed by atoms with Gasteiger partial charge in [0.1, 0.15) is 6.61 Å². The number of rotatable bonds is 4. The molecule has 2 rings (SSSR count). The van der Waals surface area contributed by atoms with E-state index >= 15 is 0 Å². The Morgan fingerprint density at radius 2 is 2.11 bits per heavy atom. The topological polar surface area (TPSA) is 65.0 Å². The van der Waals surface area contributed by atoms with Gasteiger partial charge in [0.25, 0.3) is 0 Å². The molecule has 0 saturated heterocycles. The van der Waals surface area contributed by atoms with Gasteiger partial charge in [0.2, 0.25) is 0 Å². The van der Waals surface area contributed by atoms with Crippen LogP contribution in [0.2, 0.25) is 0 Å². The first kappa shape index (κ1) is 12.7. The fourth-order valence-corrected chi connectivity index (χ4v) is 1.51. The van der Waals surface area contributed by atoms with E-state index in [2.05, 4.69) is 0 Å². The molecule has 18 heavy (non-hydrogen) atoms. The molecule has 1 aromatic rings. The van der Waals surface area contributed by atoms with Gasteiger partial charge >= 0.3 is 5.97 Å². The summed E-state index contributed by atoms with van der Waals surface area (Å²) in [5.41, 5.74) is -1.22. The Kier molecular flexibility index (Phi) is 3.43. The lowest BCUT2D eigenvalue weighted by molar-refractivity contribution is -0.164. The van der Waals surface area contributed by atoms with E-state index in [0.717, 1.165) is 0 Å². The average molecular weight is 252 g/mol. The minimum atomic E-state index is -1.22. The van der Waals surface area contributed by atoms with E-state index in [1.165, 1.54) is 13.8 Å². The van der Waals surface area contributed by atoms with Gasteiger partial charge in [-0.25, -0.2) is 4.79 Å². The molecule has 0 radical (unpaired) electrons. The predicted molar refractivity (Wildman–Crippen MR) is 64.0 cm³/mol. The number of ether oxygens (including phenoxy) is 3. The maximum absolute atomic E-state index is 10.9. The number of para-hydroxylation sites is 2. The summed E-state index contributed by atoms with van der Waals surface area (Å²) in [6, 6.07) is 7.36. The smallest absolute Gasteiger partial charge is 0.335 e. The van der Waals surface area contributed by atoms with Crippen molar-refractivity contribution in [3.63, 3.8) is 0 Å². The van der Waals surface area contributed by atoms with Crippen molar-refractivity contribution in [2.45, 2.75) is 25.6 Å². The quantitative estimate of drug-likeness (QED) is 0.883. The lowest BCUT2D eigenvalue weighted by Crippen LogP contribution is -2.41. The number of carboxylic acids is 1. The third kappa shape index (κ3) is 2.73. The molecule has 5 nitrogen and oxygen atoms in total. The number of aliphatic carboxylic acids is 1. The van der Waals surface area contributed by atoms with Crippen LogP contribution in [0.1, 0.15) is 13.8 Å². The highest BCUT2D eigenvalue weighted by Crippen LogP contribution is 2.31. The highest BCUT2D eigenvalue weighted by molar-refractivity contribution is 5.76. The second kappa shape index (κ2) is 4.86. The molecule has 98 valence electrons. The summed E-state index contributed by atoms with van der Waals surface area (Å²) in [7, 11) is 0. The van der Waals surface area contributed by atoms with Crippen LogP contribution in [-0.4, -0.2) is 36.0 Å². The number of carbonyl (C=O) groups is 1. The van der Waals surface area contributed by atoms with Gasteiger partial charge in [-0.05, 0) is 26.0 Å². The molecule has 1 heterocycles. The van der Waals surface area contributed by atoms with Crippen molar-refractivity contribution in [3.05, 3.63) is 24.3 Å². The molecule has 1 unspecified atom stereocenters. The lowest BCUT2D eigenvalue weighted by atomic mass is 10.1. The van der Waals surface area contributed by atoms with E-state index in [1.54, 1.807) is 0 Å². The fourth-order valence-electron chi connectivity index (χ4n) is 1.51. The molecule has 0 bridgehead atoms. The zero-order valence-corrected chi connectivity index (χ0v) is 10.4. The van der Waals surface area contributed by atoms with Crippen LogP contribution in [0.3, 0.4) is 0 Å². The van der Waals surface area contributed by atoms with Crippen LogP contribution >= 0.6 is 0 Å². The van der Waals surface area contributed by atoms with Gasteiger partial charge in [0, 0.05) is 0 Å². The summed E-state index contributed by atoms with van der Waals surface area (Å²) in [6.07, 6.45) is -0.293. The molecule has 5 heteroatoms. The molecular formula is C13H16O5. The number of fused-ring (bicyclic) bond motifs is 1. The Labute approximate surface area is 105 Å². The molecule has 0 fully saturated rings. The standard InChI is InChI=1S/C13H16O5/c1-13(2,12(14)15)17-8-9-7-16-10-5-3-4-6-11(10)18-9/h3-6,9H,7-8H2,1-2H3,(H,14,15). The second-order valence-corrected chi connectivity index (χ2v) is 4.62. The molecule has 1 aliphatic rings. The Hall–Kier alpha value is -1.75. The molecule has 1 atom stereocenters. The second-order valence-electron chi connectivity index (χ2n) is 4.62. The highest BCUT2D eigenvalue weighted by atomic mass is 16.6. The minimum Gasteiger partial charge on any atom is -0.486 e. The van der Waals surface area contributed by atoms with Crippen molar-refractivity contribution < 1.29 is 24.1 Å². The molecule has 0 amide bonds. The fraction of sp³-hybridized carbons (Fsp3) is 0.462. The minimum absolute atomic E-state index is 0.174. The van der Waals surface area contributed by atoms with Gasteiger partial charge in [0.15, 0.2) is 23.2 Å². The first-order chi connectivity index (χ1) is 8.49. The monoisotopic (exact) mass is 252 g/mol. The van der Waals surface area contributed by atoms with Crippen molar-refractivity contribution in [1.82, 2.24) is 0 Å². The molecule has 0 aliphatic carbocycles. The van der Waals surface area contributed by atoms with Crippen molar-refractivity contribution in [1.29, 1.82) is 0 Å². The number of hydrogen-bond donors (Lipinski definition) is 1. The zero-order valence-electron chi connectivity index (χ0n) is 10.4. The lowest BCUT2D eigenvalue weighted by Gasteiger charge is -2.29. The van der Waals surface area contributed by atoms with E-state index < -0.39 is 11.6 Å². The largest absolute Gasteiger partial charge is 0.486 e. The maximum Gasteiger partial charge on any atom is 0.335 e. The van der Waals surface area contributed by atoms with Crippen LogP contribution < -0.4 is 9.47 Å². The van der Waals surface area contributed by atoms with E-state index in [4.69, 9.17) is 19.3 Å². The van der Waals surface area contributed by atoms with Crippen LogP contribution in [-0.2, 0) is 9.53 Å². The van der Waals surface area contributed by atoms with Gasteiger partial charge in [-0.1, -0.05) is 12.1 Å². The van der Waals surface area contributed by atoms with Crippen LogP contribution in [0.5, 0.6) is 11.5 Å². The molecule has 0 saturated carbocycles. The Bertz CT molecular complexity index is 441. The molecular weight excluding hydrogens is 236 g/mol. The van der Waals surface area contributed by atoms with Crippen LogP contribution in [0.15, 0.2) is 24.3 Å². The average Bonchev–Trinajstić information content (AvgIpc) is 2.36. The summed E-state index contributed by atoms with van der Waals surface area (Å²) in [5.74, 6) is 0.358. The van der Waals surface area contributed by atoms with Crippen LogP contribution in [0.4, 0.5) is 0 Å². The number of benzene rings is 1. The van der Waals surface area contributed by atoms with Crippen molar-refractivity contribution >= 4 is 5.97 Å². The summed E-state index contributed by atoms with van der Waals surface area (Å²) < 4.78 is 16.5. The van der Waals surface area contributed by atoms with Crippen molar-refractivity contribution in [2.24, 2.45) is 0 Å². The van der Waals surface area contributed by atoms with E-state index in [0.29, 0.717) is 18.1 Å². The summed E-state index contributed by atoms with van der Waals surface area (Å²) in [4.78, 5) is 10.9. The third-order valence-corrected chi connectivity index (χ3v) is 2.71. The molecule has 0 spiro atoms. The highest BCUT2D eigenvalue weighted by Gasteiger charge is 2.30. The first-order valence-corrected chi connectivity index (χ1v) is 5.75. The SMILES string of the molecule is CC(C)(OCC1COc2ccccc2O1)C(=O)O. The Balaban J connectivity index is 1.93. The first-order valence-electron chi connectivity index (χ1n) is 5.75. The van der Waals surface area contributed by atoms with E-state index in [-0.39, 0.29) is 12.7 Å². The number of carboxylic acid groups (broad SMARTS) is 1. The van der Waals surface area contributed by atoms with Crippen molar-refractivity contribution in [2.75, 3.05) is 13.2 Å². The Morgan fingerprint density at radius 1 is 1.44 bits per heavy atom. The van der Waals surface area contributed by atoms with E-state index in [9.17, 15) is 4.79 Å². The molecule has 1 aromatic carbocycles. The maximum atomic E-state index is 10.9. The van der Waals surface area contributed by atoms with Crippen LogP contribution in [0.25, 0.3) is 0 Å². The molecule has 0 aromatic heterocycles. The molecule has 1 N–H and O–H groups in total. The summed E-state index contributed by atoms with van der Waals surface area (Å²) in [5, 5.41) is 8.93. The van der Waals surface area contributed by atoms with E-state index in [1.807, 2.05) is 24.3 Å². The molecule has 1 aliphatic heterocycles. The Morgan fingerprint density at radius 3 is 2.78 bits per heavy atom. The van der Waals surface area contributed by atoms with Crippen molar-refractivity contribution in [3.8, 4) is 11.5 Å². The number of hydrogen-bond acceptors (Lipinski definition) is 4. The van der Waals surface area contributed by atoms with Crippen LogP contribution in [0, 0.1) is 0 Å². The van der Waals surface area contributed by atoms with Gasteiger partial charge in [-0.15, -0.1) is 0 Å². The summed E-state index contributed by atoms with van der Waals surface area (Å²) >= 11 is 0. The van der Waals surface area contributed by atoms with Gasteiger partial charge in [-0.3, -0.25) is 0 Å². The predicted octanol–water partition coefficient (Wildman–Crippen LogP) is 1.71.